The summed E-state index contributed by atoms with van der Waals surface area (Å²) in [6.07, 6.45) is 3.21. The second kappa shape index (κ2) is 4.49. The summed E-state index contributed by atoms with van der Waals surface area (Å²) in [5.41, 5.74) is 0.619. The van der Waals surface area contributed by atoms with Gasteiger partial charge in [0.05, 0.1) is 11.9 Å². The number of carbonyl (C=O) groups is 1. The Kier molecular flexibility index (Phi) is 3.05. The van der Waals surface area contributed by atoms with Crippen LogP contribution < -0.4 is 5.32 Å². The van der Waals surface area contributed by atoms with E-state index >= 15 is 0 Å². The van der Waals surface area contributed by atoms with E-state index in [4.69, 9.17) is 4.42 Å². The van der Waals surface area contributed by atoms with Crippen molar-refractivity contribution < 1.29 is 9.21 Å². The molecular weight excluding hydrogens is 272 g/mol. The minimum absolute atomic E-state index is 0.284. The Bertz CT molecular complexity index is 522. The fourth-order valence-corrected chi connectivity index (χ4v) is 1.59. The number of aromatic nitrogens is 1. The van der Waals surface area contributed by atoms with Gasteiger partial charge >= 0.3 is 0 Å². The van der Waals surface area contributed by atoms with Crippen LogP contribution in [0.3, 0.4) is 0 Å². The smallest absolute Gasteiger partial charge is 0.291 e. The third kappa shape index (κ3) is 2.49. The number of carbonyl (C=O) groups excluding carboxylic acids is 1. The second-order valence-corrected chi connectivity index (χ2v) is 4.17. The number of nitrogens with one attached hydrogen (secondary N) is 1. The van der Waals surface area contributed by atoms with Crippen molar-refractivity contribution in [2.75, 3.05) is 5.32 Å². The van der Waals surface area contributed by atoms with Crippen LogP contribution in [-0.2, 0) is 0 Å². The van der Waals surface area contributed by atoms with Gasteiger partial charge in [0.2, 0.25) is 0 Å². The lowest BCUT2D eigenvalue weighted by Gasteiger charge is -2.02. The molecule has 4 nitrogen and oxygen atoms in total. The van der Waals surface area contributed by atoms with E-state index in [1.54, 1.807) is 37.5 Å². The van der Waals surface area contributed by atoms with Gasteiger partial charge in [-0.15, -0.1) is 0 Å². The molecule has 82 valence electrons. The van der Waals surface area contributed by atoms with E-state index in [1.807, 2.05) is 0 Å². The predicted molar refractivity (Wildman–Crippen MR) is 63.3 cm³/mol. The third-order valence-corrected chi connectivity index (χ3v) is 2.36. The van der Waals surface area contributed by atoms with E-state index in [0.717, 1.165) is 4.47 Å². The maximum Gasteiger partial charge on any atom is 0.291 e. The summed E-state index contributed by atoms with van der Waals surface area (Å²) in [5, 5.41) is 2.69. The zero-order valence-electron chi connectivity index (χ0n) is 8.53. The van der Waals surface area contributed by atoms with Gasteiger partial charge in [0.15, 0.2) is 5.76 Å². The number of hydrogen-bond donors (Lipinski definition) is 1. The summed E-state index contributed by atoms with van der Waals surface area (Å²) in [7, 11) is 0. The highest BCUT2D eigenvalue weighted by molar-refractivity contribution is 9.10. The molecular formula is C11H9BrN2O2. The first kappa shape index (κ1) is 10.9. The van der Waals surface area contributed by atoms with Crippen molar-refractivity contribution in [1.82, 2.24) is 4.98 Å². The van der Waals surface area contributed by atoms with Crippen LogP contribution in [-0.4, -0.2) is 10.9 Å². The van der Waals surface area contributed by atoms with Crippen LogP contribution in [0.15, 0.2) is 39.5 Å². The number of amides is 1. The minimum Gasteiger partial charge on any atom is -0.456 e. The average molecular weight is 281 g/mol. The number of furan rings is 1. The molecule has 0 atom stereocenters. The van der Waals surface area contributed by atoms with Crippen LogP contribution in [0.1, 0.15) is 16.3 Å². The maximum atomic E-state index is 11.7. The molecule has 2 heterocycles. The van der Waals surface area contributed by atoms with E-state index < -0.39 is 0 Å². The molecule has 16 heavy (non-hydrogen) atoms. The highest BCUT2D eigenvalue weighted by Crippen LogP contribution is 2.15. The Hall–Kier alpha value is -1.62. The maximum absolute atomic E-state index is 11.7. The van der Waals surface area contributed by atoms with Crippen molar-refractivity contribution in [3.63, 3.8) is 0 Å². The molecule has 2 aromatic heterocycles. The molecule has 0 aliphatic rings. The Balaban J connectivity index is 2.13. The molecule has 0 aromatic carbocycles. The summed E-state index contributed by atoms with van der Waals surface area (Å²) in [4.78, 5) is 15.6. The van der Waals surface area contributed by atoms with Gasteiger partial charge in [0, 0.05) is 10.7 Å². The highest BCUT2D eigenvalue weighted by Gasteiger charge is 2.10. The van der Waals surface area contributed by atoms with Crippen LogP contribution >= 0.6 is 15.9 Å². The number of nitrogens with zero attached hydrogens (tertiary/aromatic N) is 1. The lowest BCUT2D eigenvalue weighted by Crippen LogP contribution is -2.10. The van der Waals surface area contributed by atoms with Gasteiger partial charge in [-0.25, -0.2) is 0 Å². The largest absolute Gasteiger partial charge is 0.456 e. The summed E-state index contributed by atoms with van der Waals surface area (Å²) >= 11 is 3.28. The fraction of sp³-hybridized carbons (Fsp3) is 0.0909. The molecule has 1 N–H and O–H groups in total. The summed E-state index contributed by atoms with van der Waals surface area (Å²) in [6, 6.07) is 5.14. The van der Waals surface area contributed by atoms with E-state index in [-0.39, 0.29) is 11.7 Å². The molecule has 0 radical (unpaired) electrons. The number of pyridine rings is 1. The topological polar surface area (TPSA) is 55.1 Å². The number of hydrogen-bond acceptors (Lipinski definition) is 3. The van der Waals surface area contributed by atoms with E-state index in [1.165, 1.54) is 0 Å². The molecule has 0 fully saturated rings. The Morgan fingerprint density at radius 2 is 2.25 bits per heavy atom. The summed E-state index contributed by atoms with van der Waals surface area (Å²) in [6.45, 7) is 1.79. The van der Waals surface area contributed by atoms with Crippen molar-refractivity contribution in [2.45, 2.75) is 6.92 Å². The fourth-order valence-electron chi connectivity index (χ4n) is 1.23. The lowest BCUT2D eigenvalue weighted by atomic mass is 10.3. The Labute approximate surface area is 101 Å². The van der Waals surface area contributed by atoms with Gasteiger partial charge in [0.25, 0.3) is 5.91 Å². The van der Waals surface area contributed by atoms with Gasteiger partial charge in [-0.1, -0.05) is 0 Å². The van der Waals surface area contributed by atoms with Crippen LogP contribution in [0.25, 0.3) is 0 Å². The van der Waals surface area contributed by atoms with Crippen LogP contribution in [0, 0.1) is 6.92 Å². The van der Waals surface area contributed by atoms with Crippen molar-refractivity contribution in [3.8, 4) is 0 Å². The Morgan fingerprint density at radius 1 is 1.44 bits per heavy atom. The number of rotatable bonds is 2. The molecule has 2 aromatic rings. The highest BCUT2D eigenvalue weighted by atomic mass is 79.9. The summed E-state index contributed by atoms with van der Waals surface area (Å²) < 4.78 is 6.01. The average Bonchev–Trinajstić information content (AvgIpc) is 2.65. The molecule has 1 amide bonds. The van der Waals surface area contributed by atoms with E-state index in [2.05, 4.69) is 26.2 Å². The second-order valence-electron chi connectivity index (χ2n) is 3.26. The SMILES string of the molecule is Cc1ccc(C(=O)Nc2cncc(Br)c2)o1. The van der Waals surface area contributed by atoms with Crippen LogP contribution in [0.4, 0.5) is 5.69 Å². The number of anilines is 1. The molecule has 0 aliphatic carbocycles. The van der Waals surface area contributed by atoms with Gasteiger partial charge in [-0.05, 0) is 41.1 Å². The Morgan fingerprint density at radius 3 is 2.88 bits per heavy atom. The van der Waals surface area contributed by atoms with Gasteiger partial charge in [-0.3, -0.25) is 9.78 Å². The first-order valence-electron chi connectivity index (χ1n) is 4.63. The zero-order chi connectivity index (χ0) is 11.5. The molecule has 2 rings (SSSR count). The molecule has 0 saturated carbocycles. The first-order valence-corrected chi connectivity index (χ1v) is 5.43. The molecule has 0 saturated heterocycles. The number of aryl methyl sites for hydroxylation is 1. The summed E-state index contributed by atoms with van der Waals surface area (Å²) in [5.74, 6) is 0.711. The molecule has 0 spiro atoms. The van der Waals surface area contributed by atoms with E-state index in [9.17, 15) is 4.79 Å². The van der Waals surface area contributed by atoms with Gasteiger partial charge in [0.1, 0.15) is 5.76 Å². The minimum atomic E-state index is -0.284. The van der Waals surface area contributed by atoms with Gasteiger partial charge in [-0.2, -0.15) is 0 Å². The monoisotopic (exact) mass is 280 g/mol. The first-order chi connectivity index (χ1) is 7.65. The van der Waals surface area contributed by atoms with Crippen molar-refractivity contribution in [2.24, 2.45) is 0 Å². The van der Waals surface area contributed by atoms with E-state index in [0.29, 0.717) is 11.4 Å². The number of halogens is 1. The predicted octanol–water partition coefficient (Wildman–Crippen LogP) is 3.00. The standard InChI is InChI=1S/C11H9BrN2O2/c1-7-2-3-10(16-7)11(15)14-9-4-8(12)5-13-6-9/h2-6H,1H3,(H,14,15). The third-order valence-electron chi connectivity index (χ3n) is 1.93. The molecule has 0 unspecified atom stereocenters. The lowest BCUT2D eigenvalue weighted by molar-refractivity contribution is 0.0995. The molecule has 5 heteroatoms. The van der Waals surface area contributed by atoms with Crippen LogP contribution in [0.2, 0.25) is 0 Å². The van der Waals surface area contributed by atoms with Gasteiger partial charge < -0.3 is 9.73 Å². The van der Waals surface area contributed by atoms with Crippen molar-refractivity contribution >= 4 is 27.5 Å². The quantitative estimate of drug-likeness (QED) is 0.920. The van der Waals surface area contributed by atoms with Crippen molar-refractivity contribution in [3.05, 3.63) is 46.6 Å². The van der Waals surface area contributed by atoms with Crippen molar-refractivity contribution in [1.29, 1.82) is 0 Å². The molecule has 0 aliphatic heterocycles. The molecule has 0 bridgehead atoms. The normalized spacial score (nSPS) is 10.1. The van der Waals surface area contributed by atoms with Crippen LogP contribution in [0.5, 0.6) is 0 Å². The zero-order valence-corrected chi connectivity index (χ0v) is 10.1.